The summed E-state index contributed by atoms with van der Waals surface area (Å²) in [6.45, 7) is 2.61. The first-order chi connectivity index (χ1) is 14.6. The van der Waals surface area contributed by atoms with Gasteiger partial charge in [0.05, 0.1) is 0 Å². The fourth-order valence-electron chi connectivity index (χ4n) is 4.17. The predicted octanol–water partition coefficient (Wildman–Crippen LogP) is 2.72. The zero-order valence-electron chi connectivity index (χ0n) is 17.0. The van der Waals surface area contributed by atoms with Gasteiger partial charge in [0.25, 0.3) is 5.91 Å². The highest BCUT2D eigenvalue weighted by Gasteiger charge is 2.45. The summed E-state index contributed by atoms with van der Waals surface area (Å²) in [5, 5.41) is 7.12. The van der Waals surface area contributed by atoms with Crippen molar-refractivity contribution in [1.82, 2.24) is 19.4 Å². The van der Waals surface area contributed by atoms with Crippen molar-refractivity contribution in [3.8, 4) is 0 Å². The number of carbonyl (C=O) groups is 2. The summed E-state index contributed by atoms with van der Waals surface area (Å²) < 4.78 is 33.6. The number of aliphatic carboxylic acids is 1. The number of carbonyl (C=O) groups excluding carboxylic acids is 1. The van der Waals surface area contributed by atoms with Crippen LogP contribution in [-0.2, 0) is 11.8 Å². The molecule has 2 aromatic heterocycles. The Labute approximate surface area is 177 Å². The quantitative estimate of drug-likeness (QED) is 0.774. The van der Waals surface area contributed by atoms with Crippen LogP contribution in [0.25, 0.3) is 0 Å². The molecule has 1 N–H and O–H groups in total. The van der Waals surface area contributed by atoms with Gasteiger partial charge >= 0.3 is 12.1 Å². The summed E-state index contributed by atoms with van der Waals surface area (Å²) in [6, 6.07) is 5.67. The molecule has 31 heavy (non-hydrogen) atoms. The molecule has 0 aromatic carbocycles. The van der Waals surface area contributed by atoms with Crippen LogP contribution in [0.3, 0.4) is 0 Å². The van der Waals surface area contributed by atoms with Crippen LogP contribution < -0.4 is 4.90 Å². The first-order valence-electron chi connectivity index (χ1n) is 9.89. The summed E-state index contributed by atoms with van der Waals surface area (Å²) in [5.74, 6) is -1.79. The average molecular weight is 439 g/mol. The lowest BCUT2D eigenvalue weighted by Crippen LogP contribution is -2.54. The van der Waals surface area contributed by atoms with Gasteiger partial charge in [-0.05, 0) is 43.9 Å². The fourth-order valence-corrected chi connectivity index (χ4v) is 4.17. The predicted molar refractivity (Wildman–Crippen MR) is 106 cm³/mol. The van der Waals surface area contributed by atoms with Crippen molar-refractivity contribution in [3.63, 3.8) is 0 Å². The van der Waals surface area contributed by atoms with Crippen molar-refractivity contribution < 1.29 is 27.9 Å². The molecule has 0 unspecified atom stereocenters. The number of anilines is 1. The van der Waals surface area contributed by atoms with Gasteiger partial charge < -0.3 is 19.5 Å². The van der Waals surface area contributed by atoms with Crippen molar-refractivity contribution in [3.05, 3.63) is 42.5 Å². The Kier molecular flexibility index (Phi) is 6.51. The molecule has 1 spiro atoms. The summed E-state index contributed by atoms with van der Waals surface area (Å²) in [6.07, 6.45) is 4.76. The zero-order valence-corrected chi connectivity index (χ0v) is 17.0. The highest BCUT2D eigenvalue weighted by molar-refractivity contribution is 5.92. The Morgan fingerprint density at radius 1 is 1.06 bits per heavy atom. The second-order valence-electron chi connectivity index (χ2n) is 7.63. The number of alkyl halides is 3. The fraction of sp³-hybridized carbons (Fsp3) is 0.500. The molecule has 11 heteroatoms. The second kappa shape index (κ2) is 8.94. The first-order valence-corrected chi connectivity index (χ1v) is 9.89. The van der Waals surface area contributed by atoms with E-state index in [2.05, 4.69) is 14.9 Å². The summed E-state index contributed by atoms with van der Waals surface area (Å²) in [4.78, 5) is 34.9. The Balaban J connectivity index is 0.000000339. The molecule has 8 nitrogen and oxygen atoms in total. The van der Waals surface area contributed by atoms with E-state index in [0.717, 1.165) is 50.5 Å². The molecule has 2 aliphatic heterocycles. The number of rotatable bonds is 2. The average Bonchev–Trinajstić information content (AvgIpc) is 3.35. The molecule has 2 fully saturated rings. The van der Waals surface area contributed by atoms with E-state index < -0.39 is 12.1 Å². The molecule has 0 atom stereocenters. The van der Waals surface area contributed by atoms with E-state index in [1.54, 1.807) is 0 Å². The van der Waals surface area contributed by atoms with Gasteiger partial charge in [-0.25, -0.2) is 14.8 Å². The van der Waals surface area contributed by atoms with Gasteiger partial charge in [0.15, 0.2) is 0 Å². The van der Waals surface area contributed by atoms with Crippen LogP contribution in [-0.4, -0.2) is 67.8 Å². The van der Waals surface area contributed by atoms with E-state index in [9.17, 15) is 18.0 Å². The maximum Gasteiger partial charge on any atom is 0.490 e. The van der Waals surface area contributed by atoms with Crippen LogP contribution in [0.1, 0.15) is 36.2 Å². The van der Waals surface area contributed by atoms with Crippen LogP contribution in [0.2, 0.25) is 0 Å². The highest BCUT2D eigenvalue weighted by atomic mass is 19.4. The molecule has 1 amide bonds. The standard InChI is InChI=1S/C18H23N5O.C2HF3O2/c1-21-11-2-5-15(21)16(24)22-13-7-18(8-14-22)6-3-12-23(18)17-19-9-4-10-20-17;3-2(4,5)1(6)7/h2,4-5,9-11H,3,6-8,12-14H2,1H3;(H,6,7). The number of halogens is 3. The monoisotopic (exact) mass is 439 g/mol. The zero-order chi connectivity index (χ0) is 22.6. The molecule has 0 saturated carbocycles. The largest absolute Gasteiger partial charge is 0.490 e. The van der Waals surface area contributed by atoms with Crippen molar-refractivity contribution in [2.45, 2.75) is 37.4 Å². The number of amides is 1. The molecule has 2 aromatic rings. The molecule has 0 bridgehead atoms. The Morgan fingerprint density at radius 2 is 1.68 bits per heavy atom. The molecule has 168 valence electrons. The normalized spacial score (nSPS) is 17.9. The van der Waals surface area contributed by atoms with Crippen LogP contribution in [0, 0.1) is 0 Å². The molecule has 4 heterocycles. The minimum Gasteiger partial charge on any atom is -0.475 e. The van der Waals surface area contributed by atoms with Gasteiger partial charge in [-0.1, -0.05) is 0 Å². The molecule has 2 saturated heterocycles. The second-order valence-corrected chi connectivity index (χ2v) is 7.63. The minimum atomic E-state index is -5.08. The van der Waals surface area contributed by atoms with E-state index in [0.29, 0.717) is 0 Å². The number of aryl methyl sites for hydroxylation is 1. The summed E-state index contributed by atoms with van der Waals surface area (Å²) in [7, 11) is 1.92. The molecule has 2 aliphatic rings. The lowest BCUT2D eigenvalue weighted by Gasteiger charge is -2.45. The SMILES string of the molecule is Cn1cccc1C(=O)N1CCC2(CCCN2c2ncccn2)CC1.O=C(O)C(F)(F)F. The first kappa shape index (κ1) is 22.6. The van der Waals surface area contributed by atoms with Crippen molar-refractivity contribution in [2.24, 2.45) is 7.05 Å². The lowest BCUT2D eigenvalue weighted by molar-refractivity contribution is -0.192. The summed E-state index contributed by atoms with van der Waals surface area (Å²) >= 11 is 0. The van der Waals surface area contributed by atoms with E-state index >= 15 is 0 Å². The Hall–Kier alpha value is -3.11. The number of aromatic nitrogens is 3. The highest BCUT2D eigenvalue weighted by Crippen LogP contribution is 2.40. The third kappa shape index (κ3) is 4.97. The number of hydrogen-bond acceptors (Lipinski definition) is 5. The van der Waals surface area contributed by atoms with E-state index in [-0.39, 0.29) is 11.4 Å². The third-order valence-electron chi connectivity index (χ3n) is 5.78. The van der Waals surface area contributed by atoms with Gasteiger partial charge in [0.1, 0.15) is 5.69 Å². The number of hydrogen-bond donors (Lipinski definition) is 1. The van der Waals surface area contributed by atoms with Crippen LogP contribution in [0.5, 0.6) is 0 Å². The van der Waals surface area contributed by atoms with E-state index in [4.69, 9.17) is 9.90 Å². The molecule has 4 rings (SSSR count). The van der Waals surface area contributed by atoms with Crippen LogP contribution in [0.15, 0.2) is 36.8 Å². The van der Waals surface area contributed by atoms with Crippen LogP contribution in [0.4, 0.5) is 19.1 Å². The number of piperidine rings is 1. The van der Waals surface area contributed by atoms with Gasteiger partial charge in [-0.2, -0.15) is 13.2 Å². The number of carboxylic acids is 1. The van der Waals surface area contributed by atoms with Crippen molar-refractivity contribution >= 4 is 17.8 Å². The van der Waals surface area contributed by atoms with Crippen molar-refractivity contribution in [1.29, 1.82) is 0 Å². The molecular weight excluding hydrogens is 415 g/mol. The number of nitrogens with zero attached hydrogens (tertiary/aromatic N) is 5. The maximum atomic E-state index is 12.7. The number of carboxylic acid groups (broad SMARTS) is 1. The topological polar surface area (TPSA) is 91.6 Å². The van der Waals surface area contributed by atoms with Gasteiger partial charge in [0.2, 0.25) is 5.95 Å². The lowest BCUT2D eigenvalue weighted by atomic mass is 9.85. The number of likely N-dealkylation sites (tertiary alicyclic amines) is 1. The third-order valence-corrected chi connectivity index (χ3v) is 5.78. The van der Waals surface area contributed by atoms with Gasteiger partial charge in [-0.3, -0.25) is 4.79 Å². The van der Waals surface area contributed by atoms with Crippen LogP contribution >= 0.6 is 0 Å². The van der Waals surface area contributed by atoms with Gasteiger partial charge in [-0.15, -0.1) is 0 Å². The Morgan fingerprint density at radius 3 is 2.19 bits per heavy atom. The molecule has 0 aliphatic carbocycles. The summed E-state index contributed by atoms with van der Waals surface area (Å²) in [5.41, 5.74) is 0.882. The van der Waals surface area contributed by atoms with Gasteiger partial charge in [0, 0.05) is 50.8 Å². The molecular formula is C20H24F3N5O3. The van der Waals surface area contributed by atoms with E-state index in [1.165, 1.54) is 6.42 Å². The van der Waals surface area contributed by atoms with Crippen molar-refractivity contribution in [2.75, 3.05) is 24.5 Å². The smallest absolute Gasteiger partial charge is 0.475 e. The Bertz CT molecular complexity index is 908. The van der Waals surface area contributed by atoms with E-state index in [1.807, 2.05) is 53.3 Å². The minimum absolute atomic E-state index is 0.117. The molecule has 0 radical (unpaired) electrons. The maximum absolute atomic E-state index is 12.7.